The van der Waals surface area contributed by atoms with E-state index >= 15 is 0 Å². The van der Waals surface area contributed by atoms with Crippen LogP contribution in [0.2, 0.25) is 0 Å². The van der Waals surface area contributed by atoms with Crippen LogP contribution < -0.4 is 19.7 Å². The fourth-order valence-corrected chi connectivity index (χ4v) is 7.22. The number of imide groups is 2. The van der Waals surface area contributed by atoms with Crippen LogP contribution in [0.3, 0.4) is 0 Å². The molecule has 4 amide bonds. The van der Waals surface area contributed by atoms with E-state index < -0.39 is 35.5 Å². The van der Waals surface area contributed by atoms with Crippen molar-refractivity contribution in [1.82, 2.24) is 35.3 Å². The van der Waals surface area contributed by atoms with Crippen LogP contribution in [0.15, 0.2) is 42.7 Å². The van der Waals surface area contributed by atoms with Crippen molar-refractivity contribution in [3.63, 3.8) is 0 Å². The molecule has 0 spiro atoms. The molecule has 1 unspecified atom stereocenters. The van der Waals surface area contributed by atoms with Gasteiger partial charge in [0.2, 0.25) is 11.8 Å². The number of carbonyl (C=O) groups is 4. The van der Waals surface area contributed by atoms with Crippen molar-refractivity contribution >= 4 is 40.3 Å². The SMILES string of the molecule is CC(C)Oc1cc2c(-c3cc(N4CCN(CCOCCOCCOCCOc5ccc6c(c5)C(=O)N(C5CCC(=O)NC5=O)C6=O)[C@@H](C)C4)ncn3)n[nH]c2cc1F. The predicted octanol–water partition coefficient (Wildman–Crippen LogP) is 2.99. The van der Waals surface area contributed by atoms with Gasteiger partial charge < -0.3 is 28.6 Å². The molecule has 4 aromatic rings. The molecule has 2 saturated heterocycles. The molecule has 0 bridgehead atoms. The summed E-state index contributed by atoms with van der Waals surface area (Å²) in [5, 5.41) is 10.2. The van der Waals surface area contributed by atoms with Gasteiger partial charge in [0.15, 0.2) is 11.6 Å². The maximum atomic E-state index is 14.5. The lowest BCUT2D eigenvalue weighted by atomic mass is 10.0. The Morgan fingerprint density at radius 2 is 1.62 bits per heavy atom. The lowest BCUT2D eigenvalue weighted by Crippen LogP contribution is -2.54. The second-order valence-electron chi connectivity index (χ2n) is 14.5. The van der Waals surface area contributed by atoms with E-state index in [1.807, 2.05) is 19.9 Å². The summed E-state index contributed by atoms with van der Waals surface area (Å²) in [5.41, 5.74) is 2.15. The Bertz CT molecular complexity index is 2150. The van der Waals surface area contributed by atoms with Crippen molar-refractivity contribution in [2.45, 2.75) is 51.8 Å². The molecule has 2 aromatic carbocycles. The monoisotopic (exact) mass is 802 g/mol. The number of halogens is 1. The number of anilines is 1. The number of aromatic amines is 1. The predicted molar refractivity (Wildman–Crippen MR) is 207 cm³/mol. The van der Waals surface area contributed by atoms with Crippen molar-refractivity contribution in [3.8, 4) is 22.9 Å². The van der Waals surface area contributed by atoms with Gasteiger partial charge in [0.25, 0.3) is 11.8 Å². The van der Waals surface area contributed by atoms with Gasteiger partial charge in [-0.15, -0.1) is 0 Å². The number of aromatic nitrogens is 4. The van der Waals surface area contributed by atoms with E-state index in [1.165, 1.54) is 24.5 Å². The number of carbonyl (C=O) groups excluding carboxylic acids is 4. The number of nitrogens with one attached hydrogen (secondary N) is 2. The van der Waals surface area contributed by atoms with Gasteiger partial charge in [-0.1, -0.05) is 0 Å². The van der Waals surface area contributed by atoms with Crippen molar-refractivity contribution in [2.24, 2.45) is 0 Å². The number of benzene rings is 2. The molecule has 0 radical (unpaired) electrons. The first-order valence-corrected chi connectivity index (χ1v) is 19.4. The van der Waals surface area contributed by atoms with Crippen LogP contribution in [0, 0.1) is 5.82 Å². The molecule has 5 heterocycles. The third kappa shape index (κ3) is 9.25. The quantitative estimate of drug-likeness (QED) is 0.110. The lowest BCUT2D eigenvalue weighted by Gasteiger charge is -2.40. The molecule has 7 rings (SSSR count). The fourth-order valence-electron chi connectivity index (χ4n) is 7.22. The Balaban J connectivity index is 0.752. The molecule has 17 nitrogen and oxygen atoms in total. The zero-order valence-electron chi connectivity index (χ0n) is 32.7. The number of H-pyrrole nitrogens is 1. The summed E-state index contributed by atoms with van der Waals surface area (Å²) >= 11 is 0. The van der Waals surface area contributed by atoms with Gasteiger partial charge >= 0.3 is 0 Å². The summed E-state index contributed by atoms with van der Waals surface area (Å²) in [7, 11) is 0. The molecular formula is C40H47FN8O9. The van der Waals surface area contributed by atoms with Gasteiger partial charge in [-0.2, -0.15) is 5.10 Å². The second kappa shape index (κ2) is 18.4. The largest absolute Gasteiger partial charge is 0.491 e. The number of rotatable bonds is 18. The zero-order chi connectivity index (χ0) is 40.8. The van der Waals surface area contributed by atoms with Gasteiger partial charge in [-0.3, -0.25) is 39.4 Å². The minimum atomic E-state index is -1.02. The van der Waals surface area contributed by atoms with Crippen LogP contribution in [0.4, 0.5) is 10.2 Å². The van der Waals surface area contributed by atoms with Gasteiger partial charge in [0.1, 0.15) is 36.2 Å². The second-order valence-corrected chi connectivity index (χ2v) is 14.5. The number of hydrogen-bond acceptors (Lipinski definition) is 14. The minimum Gasteiger partial charge on any atom is -0.491 e. The van der Waals surface area contributed by atoms with E-state index in [1.54, 1.807) is 12.1 Å². The van der Waals surface area contributed by atoms with Crippen LogP contribution >= 0.6 is 0 Å². The highest BCUT2D eigenvalue weighted by molar-refractivity contribution is 6.23. The number of ether oxygens (including phenoxy) is 5. The molecule has 2 atom stereocenters. The number of nitrogens with zero attached hydrogens (tertiary/aromatic N) is 6. The van der Waals surface area contributed by atoms with Crippen molar-refractivity contribution in [3.05, 3.63) is 59.7 Å². The van der Waals surface area contributed by atoms with Gasteiger partial charge in [0, 0.05) is 56.2 Å². The van der Waals surface area contributed by atoms with Crippen LogP contribution in [-0.4, -0.2) is 144 Å². The fraction of sp³-hybridized carbons (Fsp3) is 0.475. The van der Waals surface area contributed by atoms with Gasteiger partial charge in [-0.25, -0.2) is 14.4 Å². The Hall–Kier alpha value is -5.56. The first-order chi connectivity index (χ1) is 28.1. The summed E-state index contributed by atoms with van der Waals surface area (Å²) in [4.78, 5) is 64.2. The smallest absolute Gasteiger partial charge is 0.262 e. The molecule has 0 saturated carbocycles. The van der Waals surface area contributed by atoms with Crippen LogP contribution in [0.25, 0.3) is 22.3 Å². The molecule has 0 aliphatic carbocycles. The topological polar surface area (TPSA) is 191 Å². The van der Waals surface area contributed by atoms with Crippen molar-refractivity contribution in [1.29, 1.82) is 0 Å². The standard InChI is InChI=1S/C40H47FN8O9/c1-24(2)58-34-19-29-31(20-30(34)41)45-46-37(29)32-21-35(43-23-42-32)48-9-8-47(25(3)22-48)10-11-54-12-13-55-14-15-56-16-17-57-26-4-5-27-28(18-26)40(53)49(39(27)52)33-6-7-36(50)44-38(33)51/h4-5,18-21,23-25,33H,6-17,22H2,1-3H3,(H,45,46)(H,44,50,51)/t25-,33?/m0/s1. The normalized spacial score (nSPS) is 18.7. The van der Waals surface area contributed by atoms with Crippen LogP contribution in [0.1, 0.15) is 54.3 Å². The molecule has 2 aromatic heterocycles. The highest BCUT2D eigenvalue weighted by Gasteiger charge is 2.44. The lowest BCUT2D eigenvalue weighted by molar-refractivity contribution is -0.136. The molecule has 3 aliphatic heterocycles. The van der Waals surface area contributed by atoms with E-state index in [9.17, 15) is 23.6 Å². The number of piperidine rings is 1. The first-order valence-electron chi connectivity index (χ1n) is 19.4. The molecule has 308 valence electrons. The third-order valence-electron chi connectivity index (χ3n) is 10.1. The van der Waals surface area contributed by atoms with E-state index in [-0.39, 0.29) is 55.1 Å². The van der Waals surface area contributed by atoms with Gasteiger partial charge in [0.05, 0.1) is 68.1 Å². The number of amides is 4. The maximum Gasteiger partial charge on any atom is 0.262 e. The molecule has 58 heavy (non-hydrogen) atoms. The Labute approximate surface area is 334 Å². The molecule has 3 aliphatic rings. The Morgan fingerprint density at radius 1 is 0.879 bits per heavy atom. The van der Waals surface area contributed by atoms with Crippen LogP contribution in [-0.2, 0) is 23.8 Å². The number of hydrogen-bond donors (Lipinski definition) is 2. The van der Waals surface area contributed by atoms with Crippen molar-refractivity contribution in [2.75, 3.05) is 77.3 Å². The summed E-state index contributed by atoms with van der Waals surface area (Å²) in [6, 6.07) is 8.79. The summed E-state index contributed by atoms with van der Waals surface area (Å²) in [6.07, 6.45) is 1.51. The highest BCUT2D eigenvalue weighted by atomic mass is 19.1. The summed E-state index contributed by atoms with van der Waals surface area (Å²) < 4.78 is 43.0. The highest BCUT2D eigenvalue weighted by Crippen LogP contribution is 2.33. The van der Waals surface area contributed by atoms with E-state index in [2.05, 4.69) is 42.2 Å². The van der Waals surface area contributed by atoms with Crippen LogP contribution in [0.5, 0.6) is 11.5 Å². The molecule has 2 fully saturated rings. The minimum absolute atomic E-state index is 0.0582. The van der Waals surface area contributed by atoms with E-state index in [0.29, 0.717) is 55.7 Å². The third-order valence-corrected chi connectivity index (χ3v) is 10.1. The zero-order valence-corrected chi connectivity index (χ0v) is 32.7. The summed E-state index contributed by atoms with van der Waals surface area (Å²) in [6.45, 7) is 11.8. The Kier molecular flexibility index (Phi) is 12.9. The van der Waals surface area contributed by atoms with Crippen molar-refractivity contribution < 1.29 is 47.3 Å². The van der Waals surface area contributed by atoms with E-state index in [4.69, 9.17) is 23.7 Å². The van der Waals surface area contributed by atoms with E-state index in [0.717, 1.165) is 42.3 Å². The van der Waals surface area contributed by atoms with Gasteiger partial charge in [-0.05, 0) is 51.5 Å². The molecular weight excluding hydrogens is 755 g/mol. The Morgan fingerprint density at radius 3 is 2.36 bits per heavy atom. The summed E-state index contributed by atoms with van der Waals surface area (Å²) in [5.74, 6) is -1.31. The first kappa shape index (κ1) is 40.6. The average Bonchev–Trinajstić information content (AvgIpc) is 3.72. The number of piperazine rings is 1. The maximum absolute atomic E-state index is 14.5. The average molecular weight is 803 g/mol. The molecule has 2 N–H and O–H groups in total. The molecule has 18 heteroatoms. The number of fused-ring (bicyclic) bond motifs is 2.